The van der Waals surface area contributed by atoms with Crippen molar-refractivity contribution in [2.45, 2.75) is 33.1 Å². The lowest BCUT2D eigenvalue weighted by Gasteiger charge is -2.28. The van der Waals surface area contributed by atoms with Gasteiger partial charge in [0, 0.05) is 22.5 Å². The molecule has 204 valence electrons. The van der Waals surface area contributed by atoms with Crippen molar-refractivity contribution in [3.05, 3.63) is 162 Å². The largest absolute Gasteiger partial charge is 0.310 e. The van der Waals surface area contributed by atoms with Gasteiger partial charge in [-0.2, -0.15) is 0 Å². The zero-order valence-electron chi connectivity index (χ0n) is 24.7. The van der Waals surface area contributed by atoms with Crippen LogP contribution in [-0.4, -0.2) is 0 Å². The van der Waals surface area contributed by atoms with Crippen molar-refractivity contribution in [3.63, 3.8) is 0 Å². The molecule has 6 aromatic carbocycles. The van der Waals surface area contributed by atoms with Crippen LogP contribution < -0.4 is 4.90 Å². The van der Waals surface area contributed by atoms with Crippen LogP contribution in [0.2, 0.25) is 0 Å². The molecule has 0 bridgehead atoms. The van der Waals surface area contributed by atoms with E-state index >= 15 is 0 Å². The van der Waals surface area contributed by atoms with Crippen LogP contribution in [-0.2, 0) is 5.41 Å². The van der Waals surface area contributed by atoms with Crippen molar-refractivity contribution >= 4 is 17.1 Å². The highest BCUT2D eigenvalue weighted by atomic mass is 15.1. The Balaban J connectivity index is 1.27. The summed E-state index contributed by atoms with van der Waals surface area (Å²) < 4.78 is 0. The summed E-state index contributed by atoms with van der Waals surface area (Å²) in [7, 11) is 0. The molecule has 7 rings (SSSR count). The van der Waals surface area contributed by atoms with Crippen LogP contribution in [0.4, 0.5) is 17.1 Å². The summed E-state index contributed by atoms with van der Waals surface area (Å²) in [6, 6.07) is 51.2. The lowest BCUT2D eigenvalue weighted by atomic mass is 9.81. The number of anilines is 3. The summed E-state index contributed by atoms with van der Waals surface area (Å²) >= 11 is 0. The summed E-state index contributed by atoms with van der Waals surface area (Å²) in [5, 5.41) is 0. The van der Waals surface area contributed by atoms with Crippen LogP contribution in [0.15, 0.2) is 140 Å². The lowest BCUT2D eigenvalue weighted by Crippen LogP contribution is -2.16. The van der Waals surface area contributed by atoms with E-state index in [1.807, 2.05) is 0 Å². The van der Waals surface area contributed by atoms with Crippen molar-refractivity contribution in [1.29, 1.82) is 0 Å². The number of aryl methyl sites for hydroxylation is 2. The van der Waals surface area contributed by atoms with Crippen LogP contribution in [0, 0.1) is 13.8 Å². The van der Waals surface area contributed by atoms with Gasteiger partial charge in [-0.15, -0.1) is 0 Å². The van der Waals surface area contributed by atoms with Crippen LogP contribution >= 0.6 is 0 Å². The molecule has 1 nitrogen and oxygen atoms in total. The minimum Gasteiger partial charge on any atom is -0.310 e. The predicted octanol–water partition coefficient (Wildman–Crippen LogP) is 11.4. The molecule has 0 radical (unpaired) electrons. The van der Waals surface area contributed by atoms with Gasteiger partial charge in [0.05, 0.1) is 0 Å². The third-order valence-corrected chi connectivity index (χ3v) is 8.83. The molecule has 1 heteroatoms. The molecule has 0 amide bonds. The first-order valence-electron chi connectivity index (χ1n) is 14.8. The van der Waals surface area contributed by atoms with Crippen LogP contribution in [0.25, 0.3) is 33.4 Å². The standard InChI is InChI=1S/C41H35N/c1-28-10-19-34(20-11-28)42(35-21-12-29(2)13-22-35)36-23-25-38-37-24-18-33(26-39(37)41(3,4)40(38)27-36)32-16-14-31(15-17-32)30-8-6-5-7-9-30/h5-27H,1-4H3. The molecule has 1 aliphatic rings. The van der Waals surface area contributed by atoms with Crippen LogP contribution in [0.1, 0.15) is 36.1 Å². The van der Waals surface area contributed by atoms with E-state index in [9.17, 15) is 0 Å². The maximum atomic E-state index is 2.41. The van der Waals surface area contributed by atoms with Gasteiger partial charge in [0.1, 0.15) is 0 Å². The quantitative estimate of drug-likeness (QED) is 0.210. The van der Waals surface area contributed by atoms with Gasteiger partial charge in [-0.3, -0.25) is 0 Å². The Hall–Kier alpha value is -4.88. The number of fused-ring (bicyclic) bond motifs is 3. The third kappa shape index (κ3) is 4.52. The molecular weight excluding hydrogens is 506 g/mol. The van der Waals surface area contributed by atoms with Gasteiger partial charge in [0.15, 0.2) is 0 Å². The first-order valence-corrected chi connectivity index (χ1v) is 14.8. The predicted molar refractivity (Wildman–Crippen MR) is 179 cm³/mol. The second kappa shape index (κ2) is 10.2. The molecule has 0 spiro atoms. The maximum absolute atomic E-state index is 2.41. The monoisotopic (exact) mass is 541 g/mol. The van der Waals surface area contributed by atoms with Crippen molar-refractivity contribution in [3.8, 4) is 33.4 Å². The summed E-state index contributed by atoms with van der Waals surface area (Å²) in [6.45, 7) is 9.01. The van der Waals surface area contributed by atoms with Gasteiger partial charge in [0.25, 0.3) is 0 Å². The van der Waals surface area contributed by atoms with Gasteiger partial charge < -0.3 is 4.90 Å². The Morgan fingerprint density at radius 1 is 0.405 bits per heavy atom. The average molecular weight is 542 g/mol. The number of benzene rings is 6. The Kier molecular flexibility index (Phi) is 6.32. The third-order valence-electron chi connectivity index (χ3n) is 8.83. The fraction of sp³-hybridized carbons (Fsp3) is 0.122. The fourth-order valence-electron chi connectivity index (χ4n) is 6.36. The molecule has 0 atom stereocenters. The zero-order chi connectivity index (χ0) is 28.8. The van der Waals surface area contributed by atoms with Crippen LogP contribution in [0.5, 0.6) is 0 Å². The number of rotatable bonds is 5. The van der Waals surface area contributed by atoms with E-state index in [0.29, 0.717) is 0 Å². The van der Waals surface area contributed by atoms with Gasteiger partial charge in [-0.1, -0.05) is 122 Å². The highest BCUT2D eigenvalue weighted by molar-refractivity contribution is 5.87. The maximum Gasteiger partial charge on any atom is 0.0465 e. The molecule has 0 fully saturated rings. The second-order valence-corrected chi connectivity index (χ2v) is 12.1. The minimum atomic E-state index is -0.118. The molecular formula is C41H35N. The Labute approximate surface area is 249 Å². The van der Waals surface area contributed by atoms with Gasteiger partial charge in [-0.25, -0.2) is 0 Å². The van der Waals surface area contributed by atoms with E-state index in [0.717, 1.165) is 0 Å². The molecule has 0 saturated heterocycles. The van der Waals surface area contributed by atoms with Gasteiger partial charge in [-0.05, 0) is 101 Å². The number of nitrogens with zero attached hydrogens (tertiary/aromatic N) is 1. The first-order chi connectivity index (χ1) is 20.4. The van der Waals surface area contributed by atoms with E-state index in [2.05, 4.69) is 172 Å². The number of hydrogen-bond donors (Lipinski definition) is 0. The molecule has 6 aromatic rings. The summed E-state index contributed by atoms with van der Waals surface area (Å²) in [4.78, 5) is 2.37. The summed E-state index contributed by atoms with van der Waals surface area (Å²) in [6.07, 6.45) is 0. The van der Waals surface area contributed by atoms with Crippen molar-refractivity contribution in [1.82, 2.24) is 0 Å². The molecule has 0 saturated carbocycles. The fourth-order valence-corrected chi connectivity index (χ4v) is 6.36. The SMILES string of the molecule is Cc1ccc(N(c2ccc(C)cc2)c2ccc3c(c2)C(C)(C)c2cc(-c4ccc(-c5ccccc5)cc4)ccc2-3)cc1. The van der Waals surface area contributed by atoms with E-state index in [-0.39, 0.29) is 5.41 Å². The highest BCUT2D eigenvalue weighted by Crippen LogP contribution is 2.51. The van der Waals surface area contributed by atoms with Gasteiger partial charge >= 0.3 is 0 Å². The van der Waals surface area contributed by atoms with E-state index in [1.165, 1.54) is 72.7 Å². The van der Waals surface area contributed by atoms with Crippen LogP contribution in [0.3, 0.4) is 0 Å². The Morgan fingerprint density at radius 3 is 1.40 bits per heavy atom. The lowest BCUT2D eigenvalue weighted by molar-refractivity contribution is 0.660. The molecule has 0 heterocycles. The van der Waals surface area contributed by atoms with Crippen molar-refractivity contribution in [2.24, 2.45) is 0 Å². The molecule has 42 heavy (non-hydrogen) atoms. The molecule has 0 aliphatic heterocycles. The van der Waals surface area contributed by atoms with Crippen molar-refractivity contribution < 1.29 is 0 Å². The molecule has 0 unspecified atom stereocenters. The second-order valence-electron chi connectivity index (χ2n) is 12.1. The molecule has 1 aliphatic carbocycles. The first kappa shape index (κ1) is 26.0. The topological polar surface area (TPSA) is 3.24 Å². The van der Waals surface area contributed by atoms with Crippen molar-refractivity contribution in [2.75, 3.05) is 4.90 Å². The van der Waals surface area contributed by atoms with Gasteiger partial charge in [0.2, 0.25) is 0 Å². The molecule has 0 aromatic heterocycles. The number of hydrogen-bond acceptors (Lipinski definition) is 1. The van der Waals surface area contributed by atoms with E-state index in [1.54, 1.807) is 0 Å². The minimum absolute atomic E-state index is 0.118. The highest BCUT2D eigenvalue weighted by Gasteiger charge is 2.36. The van der Waals surface area contributed by atoms with E-state index < -0.39 is 0 Å². The summed E-state index contributed by atoms with van der Waals surface area (Å²) in [5.41, 5.74) is 16.3. The van der Waals surface area contributed by atoms with E-state index in [4.69, 9.17) is 0 Å². The normalized spacial score (nSPS) is 13.0. The summed E-state index contributed by atoms with van der Waals surface area (Å²) in [5.74, 6) is 0. The Bertz CT molecular complexity index is 1830. The smallest absolute Gasteiger partial charge is 0.0465 e. The average Bonchev–Trinajstić information content (AvgIpc) is 3.25. The Morgan fingerprint density at radius 2 is 0.833 bits per heavy atom. The zero-order valence-corrected chi connectivity index (χ0v) is 24.7. The molecule has 0 N–H and O–H groups in total.